The lowest BCUT2D eigenvalue weighted by Crippen LogP contribution is -2.43. The van der Waals surface area contributed by atoms with Crippen LogP contribution in [0.1, 0.15) is 42.9 Å². The predicted molar refractivity (Wildman–Crippen MR) is 113 cm³/mol. The third-order valence-corrected chi connectivity index (χ3v) is 7.78. The fourth-order valence-corrected chi connectivity index (χ4v) is 5.87. The van der Waals surface area contributed by atoms with Crippen molar-refractivity contribution in [2.75, 3.05) is 32.0 Å². The number of anilines is 1. The molecular weight excluding hydrogens is 419 g/mol. The standard InChI is InChI=1S/C23H28F3N5O/c24-23(25,26)18-7-14(11-28-22(18)27)19-10-20(31(29-19)12-13-1-2-13)21-16-8-15(9-17(16)21)30-3-5-32-6-4-30/h7,10-11,13,15-17,21H,1-6,8-9,12H2,(H2,27,28)/t15-,16+,17-,21-. The summed E-state index contributed by atoms with van der Waals surface area (Å²) in [5.41, 5.74) is 6.72. The van der Waals surface area contributed by atoms with E-state index in [2.05, 4.69) is 14.6 Å². The summed E-state index contributed by atoms with van der Waals surface area (Å²) in [5, 5.41) is 4.75. The van der Waals surface area contributed by atoms with Crippen LogP contribution in [-0.2, 0) is 17.5 Å². The molecule has 4 aliphatic rings. The highest BCUT2D eigenvalue weighted by Gasteiger charge is 2.58. The van der Waals surface area contributed by atoms with Crippen molar-refractivity contribution in [1.82, 2.24) is 19.7 Å². The minimum Gasteiger partial charge on any atom is -0.383 e. The molecule has 0 bridgehead atoms. The Morgan fingerprint density at radius 2 is 1.81 bits per heavy atom. The molecule has 3 saturated carbocycles. The van der Waals surface area contributed by atoms with E-state index in [9.17, 15) is 13.2 Å². The zero-order valence-corrected chi connectivity index (χ0v) is 17.9. The fourth-order valence-electron chi connectivity index (χ4n) is 5.87. The number of morpholine rings is 1. The Morgan fingerprint density at radius 3 is 2.47 bits per heavy atom. The molecular formula is C23H28F3N5O. The van der Waals surface area contributed by atoms with E-state index in [4.69, 9.17) is 15.6 Å². The third kappa shape index (κ3) is 3.69. The Bertz CT molecular complexity index is 1000. The van der Waals surface area contributed by atoms with Gasteiger partial charge in [0.05, 0.1) is 24.5 Å². The lowest BCUT2D eigenvalue weighted by atomic mass is 10.0. The Hall–Kier alpha value is -2.13. The zero-order valence-electron chi connectivity index (χ0n) is 17.9. The number of ether oxygens (including phenoxy) is 1. The maximum atomic E-state index is 13.3. The summed E-state index contributed by atoms with van der Waals surface area (Å²) in [6.07, 6.45) is 1.66. The Labute approximate surface area is 184 Å². The van der Waals surface area contributed by atoms with E-state index < -0.39 is 17.6 Å². The monoisotopic (exact) mass is 447 g/mol. The van der Waals surface area contributed by atoms with E-state index in [-0.39, 0.29) is 0 Å². The summed E-state index contributed by atoms with van der Waals surface area (Å²) in [6, 6.07) is 3.72. The summed E-state index contributed by atoms with van der Waals surface area (Å²) >= 11 is 0. The van der Waals surface area contributed by atoms with Gasteiger partial charge in [0.25, 0.3) is 0 Å². The number of halogens is 3. The first-order valence-corrected chi connectivity index (χ1v) is 11.6. The fraction of sp³-hybridized carbons (Fsp3) is 0.652. The molecule has 9 heteroatoms. The first kappa shape index (κ1) is 20.5. The van der Waals surface area contributed by atoms with Crippen LogP contribution in [0.15, 0.2) is 18.3 Å². The molecule has 0 radical (unpaired) electrons. The molecule has 0 amide bonds. The molecule has 2 aromatic heterocycles. The number of nitrogens with zero attached hydrogens (tertiary/aromatic N) is 4. The number of rotatable bonds is 5. The van der Waals surface area contributed by atoms with Crippen LogP contribution >= 0.6 is 0 Å². The molecule has 3 aliphatic carbocycles. The number of pyridine rings is 1. The number of nitrogen functional groups attached to an aromatic ring is 1. The summed E-state index contributed by atoms with van der Waals surface area (Å²) in [6.45, 7) is 4.53. The van der Waals surface area contributed by atoms with Gasteiger partial charge >= 0.3 is 6.18 Å². The molecule has 3 heterocycles. The van der Waals surface area contributed by atoms with Crippen molar-refractivity contribution in [1.29, 1.82) is 0 Å². The lowest BCUT2D eigenvalue weighted by Gasteiger charge is -2.33. The molecule has 0 spiro atoms. The second-order valence-corrected chi connectivity index (χ2v) is 9.86. The van der Waals surface area contributed by atoms with Gasteiger partial charge in [0.1, 0.15) is 5.82 Å². The van der Waals surface area contributed by atoms with Gasteiger partial charge in [-0.1, -0.05) is 0 Å². The van der Waals surface area contributed by atoms with Crippen LogP contribution in [0.25, 0.3) is 11.3 Å². The van der Waals surface area contributed by atoms with Gasteiger partial charge in [-0.05, 0) is 55.6 Å². The van der Waals surface area contributed by atoms with E-state index >= 15 is 0 Å². The van der Waals surface area contributed by atoms with Gasteiger partial charge in [-0.2, -0.15) is 18.3 Å². The lowest BCUT2D eigenvalue weighted by molar-refractivity contribution is -0.137. The predicted octanol–water partition coefficient (Wildman–Crippen LogP) is 3.78. The van der Waals surface area contributed by atoms with E-state index in [1.807, 2.05) is 6.07 Å². The van der Waals surface area contributed by atoms with Gasteiger partial charge in [0.2, 0.25) is 0 Å². The maximum absolute atomic E-state index is 13.3. The Morgan fingerprint density at radius 1 is 1.09 bits per heavy atom. The smallest absolute Gasteiger partial charge is 0.383 e. The van der Waals surface area contributed by atoms with Crippen LogP contribution in [0.5, 0.6) is 0 Å². The highest BCUT2D eigenvalue weighted by Crippen LogP contribution is 2.64. The normalized spacial score (nSPS) is 30.5. The van der Waals surface area contributed by atoms with Crippen LogP contribution in [0.4, 0.5) is 19.0 Å². The first-order valence-electron chi connectivity index (χ1n) is 11.6. The third-order valence-electron chi connectivity index (χ3n) is 7.78. The number of aromatic nitrogens is 3. The topological polar surface area (TPSA) is 69.2 Å². The van der Waals surface area contributed by atoms with Crippen molar-refractivity contribution >= 4 is 5.82 Å². The highest BCUT2D eigenvalue weighted by molar-refractivity contribution is 5.63. The van der Waals surface area contributed by atoms with Gasteiger partial charge in [0.15, 0.2) is 0 Å². The molecule has 2 N–H and O–H groups in total. The van der Waals surface area contributed by atoms with Gasteiger partial charge in [-0.25, -0.2) is 4.98 Å². The van der Waals surface area contributed by atoms with Gasteiger partial charge in [-0.3, -0.25) is 9.58 Å². The molecule has 4 fully saturated rings. The van der Waals surface area contributed by atoms with Crippen molar-refractivity contribution in [3.63, 3.8) is 0 Å². The number of alkyl halides is 3. The maximum Gasteiger partial charge on any atom is 0.419 e. The average Bonchev–Trinajstić information content (AvgIpc) is 3.61. The molecule has 0 unspecified atom stereocenters. The zero-order chi connectivity index (χ0) is 22.0. The molecule has 6 rings (SSSR count). The van der Waals surface area contributed by atoms with Crippen LogP contribution in [-0.4, -0.2) is 52.0 Å². The van der Waals surface area contributed by atoms with Crippen LogP contribution < -0.4 is 5.73 Å². The van der Waals surface area contributed by atoms with E-state index in [0.29, 0.717) is 41.0 Å². The van der Waals surface area contributed by atoms with Crippen LogP contribution in [0, 0.1) is 17.8 Å². The van der Waals surface area contributed by atoms with Crippen molar-refractivity contribution in [3.05, 3.63) is 29.6 Å². The quantitative estimate of drug-likeness (QED) is 0.756. The Balaban J connectivity index is 1.25. The van der Waals surface area contributed by atoms with Crippen LogP contribution in [0.2, 0.25) is 0 Å². The molecule has 32 heavy (non-hydrogen) atoms. The van der Waals surface area contributed by atoms with Crippen molar-refractivity contribution in [2.45, 2.75) is 50.4 Å². The SMILES string of the molecule is Nc1ncc(-c2cc([C@H]3[C@@H]4C[C@H](N5CCOCC5)C[C@@H]43)n(CC3CC3)n2)cc1C(F)(F)F. The summed E-state index contributed by atoms with van der Waals surface area (Å²) < 4.78 is 47.6. The largest absolute Gasteiger partial charge is 0.419 e. The molecule has 2 aromatic rings. The number of nitrogens with two attached hydrogens (primary N) is 1. The molecule has 4 atom stereocenters. The minimum atomic E-state index is -4.53. The summed E-state index contributed by atoms with van der Waals surface area (Å²) in [5.74, 6) is 1.92. The second-order valence-electron chi connectivity index (χ2n) is 9.86. The van der Waals surface area contributed by atoms with Gasteiger partial charge in [-0.15, -0.1) is 0 Å². The molecule has 1 aliphatic heterocycles. The van der Waals surface area contributed by atoms with E-state index in [0.717, 1.165) is 38.9 Å². The van der Waals surface area contributed by atoms with E-state index in [1.54, 1.807) is 0 Å². The van der Waals surface area contributed by atoms with Crippen molar-refractivity contribution in [3.8, 4) is 11.3 Å². The summed E-state index contributed by atoms with van der Waals surface area (Å²) in [7, 11) is 0. The molecule has 6 nitrogen and oxygen atoms in total. The number of hydrogen-bond acceptors (Lipinski definition) is 5. The second kappa shape index (κ2) is 7.45. The summed E-state index contributed by atoms with van der Waals surface area (Å²) in [4.78, 5) is 6.37. The first-order chi connectivity index (χ1) is 15.4. The molecule has 0 aromatic carbocycles. The highest BCUT2D eigenvalue weighted by atomic mass is 19.4. The number of fused-ring (bicyclic) bond motifs is 1. The van der Waals surface area contributed by atoms with Crippen LogP contribution in [0.3, 0.4) is 0 Å². The van der Waals surface area contributed by atoms with E-state index in [1.165, 1.54) is 37.6 Å². The van der Waals surface area contributed by atoms with Crippen molar-refractivity contribution < 1.29 is 17.9 Å². The molecule has 172 valence electrons. The van der Waals surface area contributed by atoms with Crippen molar-refractivity contribution in [2.24, 2.45) is 17.8 Å². The van der Waals surface area contributed by atoms with Gasteiger partial charge < -0.3 is 10.5 Å². The molecule has 1 saturated heterocycles. The minimum absolute atomic E-state index is 0.374. The number of hydrogen-bond donors (Lipinski definition) is 1. The average molecular weight is 448 g/mol. The Kier molecular flexibility index (Phi) is 4.77. The van der Waals surface area contributed by atoms with Gasteiger partial charge in [0, 0.05) is 49.0 Å².